The number of carbonyl (C=O) groups excluding carboxylic acids is 1. The highest BCUT2D eigenvalue weighted by atomic mass is 35.5. The first-order valence-electron chi connectivity index (χ1n) is 15.7. The minimum Gasteiger partial charge on any atom is -0.488 e. The van der Waals surface area contributed by atoms with Crippen LogP contribution in [-0.2, 0) is 16.2 Å². The number of carboxylic acids is 1. The van der Waals surface area contributed by atoms with E-state index in [4.69, 9.17) is 35.7 Å². The molecule has 0 saturated carbocycles. The molecular formula is C38H42ClNO7. The summed E-state index contributed by atoms with van der Waals surface area (Å²) in [5, 5.41) is 12.1. The number of hydrogen-bond donors (Lipinski definition) is 2. The van der Waals surface area contributed by atoms with E-state index in [9.17, 15) is 9.59 Å². The number of halogens is 1. The highest BCUT2D eigenvalue weighted by Gasteiger charge is 2.16. The molecule has 248 valence electrons. The zero-order valence-corrected chi connectivity index (χ0v) is 28.0. The molecule has 0 aromatic heterocycles. The number of amides is 1. The molecule has 8 nitrogen and oxygen atoms in total. The van der Waals surface area contributed by atoms with Crippen molar-refractivity contribution in [1.82, 2.24) is 5.32 Å². The Morgan fingerprint density at radius 2 is 1.79 bits per heavy atom. The summed E-state index contributed by atoms with van der Waals surface area (Å²) in [5.41, 5.74) is 6.27. The minimum absolute atomic E-state index is 0.136. The Balaban J connectivity index is 1.38. The number of fused-ring (bicyclic) bond motifs is 1. The summed E-state index contributed by atoms with van der Waals surface area (Å²) in [4.78, 5) is 23.4. The number of benzene rings is 3. The lowest BCUT2D eigenvalue weighted by atomic mass is 9.96. The number of nitrogens with one attached hydrogen (secondary N) is 1. The Morgan fingerprint density at radius 3 is 2.53 bits per heavy atom. The lowest BCUT2D eigenvalue weighted by Crippen LogP contribution is -2.25. The van der Waals surface area contributed by atoms with Crippen LogP contribution in [0.25, 0.3) is 11.1 Å². The summed E-state index contributed by atoms with van der Waals surface area (Å²) in [7, 11) is 0. The second kappa shape index (κ2) is 17.3. The van der Waals surface area contributed by atoms with Crippen molar-refractivity contribution >= 4 is 23.5 Å². The van der Waals surface area contributed by atoms with E-state index in [1.165, 1.54) is 0 Å². The fourth-order valence-corrected chi connectivity index (χ4v) is 5.37. The number of aryl methyl sites for hydroxylation is 1. The van der Waals surface area contributed by atoms with Gasteiger partial charge in [-0.05, 0) is 91.3 Å². The van der Waals surface area contributed by atoms with Gasteiger partial charge in [-0.3, -0.25) is 9.59 Å². The first-order chi connectivity index (χ1) is 22.7. The quantitative estimate of drug-likeness (QED) is 0.0908. The van der Waals surface area contributed by atoms with Gasteiger partial charge in [0.1, 0.15) is 37.9 Å². The first kappa shape index (κ1) is 35.2. The average molecular weight is 660 g/mol. The third-order valence-electron chi connectivity index (χ3n) is 7.84. The van der Waals surface area contributed by atoms with Gasteiger partial charge in [0.2, 0.25) is 0 Å². The molecule has 0 bridgehead atoms. The molecule has 1 aliphatic heterocycles. The number of aliphatic carboxylic acids is 1. The number of allylic oxidation sites excluding steroid dienone is 1. The maximum atomic E-state index is 12.7. The van der Waals surface area contributed by atoms with E-state index in [1.807, 2.05) is 43.3 Å². The first-order valence-corrected chi connectivity index (χ1v) is 16.1. The van der Waals surface area contributed by atoms with Crippen molar-refractivity contribution < 1.29 is 33.6 Å². The van der Waals surface area contributed by atoms with E-state index in [0.29, 0.717) is 61.3 Å². The summed E-state index contributed by atoms with van der Waals surface area (Å²) in [6.45, 7) is 11.7. The molecule has 1 heterocycles. The predicted molar refractivity (Wildman–Crippen MR) is 185 cm³/mol. The van der Waals surface area contributed by atoms with Gasteiger partial charge in [0.25, 0.3) is 5.91 Å². The molecule has 0 spiro atoms. The normalized spacial score (nSPS) is 12.8. The van der Waals surface area contributed by atoms with Gasteiger partial charge in [-0.2, -0.15) is 0 Å². The predicted octanol–water partition coefficient (Wildman–Crippen LogP) is 8.17. The Hall–Kier alpha value is -4.69. The lowest BCUT2D eigenvalue weighted by molar-refractivity contribution is -0.137. The van der Waals surface area contributed by atoms with Crippen molar-refractivity contribution in [1.29, 1.82) is 0 Å². The fourth-order valence-electron chi connectivity index (χ4n) is 5.10. The zero-order chi connectivity index (χ0) is 33.8. The van der Waals surface area contributed by atoms with Crippen molar-refractivity contribution in [2.24, 2.45) is 0 Å². The topological polar surface area (TPSA) is 103 Å². The number of unbranched alkanes of at least 4 members (excludes halogenated alkanes) is 2. The molecular weight excluding hydrogens is 618 g/mol. The van der Waals surface area contributed by atoms with E-state index >= 15 is 0 Å². The van der Waals surface area contributed by atoms with E-state index in [2.05, 4.69) is 24.9 Å². The largest absolute Gasteiger partial charge is 0.488 e. The van der Waals surface area contributed by atoms with Crippen LogP contribution in [0.15, 0.2) is 84.5 Å². The number of carbonyl (C=O) groups is 2. The van der Waals surface area contributed by atoms with Gasteiger partial charge in [0.15, 0.2) is 11.5 Å². The van der Waals surface area contributed by atoms with Gasteiger partial charge < -0.3 is 29.4 Å². The molecule has 2 N–H and O–H groups in total. The van der Waals surface area contributed by atoms with Crippen LogP contribution in [-0.4, -0.2) is 43.3 Å². The molecule has 3 aromatic carbocycles. The van der Waals surface area contributed by atoms with Crippen LogP contribution in [0.2, 0.25) is 5.02 Å². The van der Waals surface area contributed by atoms with E-state index in [0.717, 1.165) is 51.3 Å². The Labute approximate surface area is 281 Å². The Morgan fingerprint density at radius 1 is 1.00 bits per heavy atom. The van der Waals surface area contributed by atoms with Crippen molar-refractivity contribution in [3.63, 3.8) is 0 Å². The summed E-state index contributed by atoms with van der Waals surface area (Å²) in [6.07, 6.45) is 7.30. The smallest absolute Gasteiger partial charge is 0.303 e. The van der Waals surface area contributed by atoms with Crippen molar-refractivity contribution in [2.45, 2.75) is 53.1 Å². The van der Waals surface area contributed by atoms with Gasteiger partial charge in [-0.25, -0.2) is 0 Å². The van der Waals surface area contributed by atoms with Crippen LogP contribution in [0.1, 0.15) is 49.3 Å². The van der Waals surface area contributed by atoms with Crippen LogP contribution >= 0.6 is 11.6 Å². The molecule has 0 aliphatic carbocycles. The molecule has 1 amide bonds. The summed E-state index contributed by atoms with van der Waals surface area (Å²) < 4.78 is 23.8. The number of carboxylic acid groups (broad SMARTS) is 1. The summed E-state index contributed by atoms with van der Waals surface area (Å²) in [6, 6.07) is 15.7. The average Bonchev–Trinajstić information content (AvgIpc) is 3.06. The maximum Gasteiger partial charge on any atom is 0.303 e. The van der Waals surface area contributed by atoms with Crippen molar-refractivity contribution in [3.8, 4) is 34.1 Å². The SMILES string of the molecule is C=C/C(=C\C(=C/C)C(=O)NCCCCCC(=O)O)COc1cc(OCc2cccc(-c3ccc4c(c3)OCCO4)c2C)c(Cl)cc1C. The lowest BCUT2D eigenvalue weighted by Gasteiger charge is -2.20. The minimum atomic E-state index is -0.808. The molecule has 0 unspecified atom stereocenters. The summed E-state index contributed by atoms with van der Waals surface area (Å²) >= 11 is 6.59. The number of hydrogen-bond acceptors (Lipinski definition) is 6. The van der Waals surface area contributed by atoms with Crippen molar-refractivity contribution in [3.05, 3.63) is 106 Å². The van der Waals surface area contributed by atoms with Crippen LogP contribution in [0.5, 0.6) is 23.0 Å². The van der Waals surface area contributed by atoms with E-state index in [-0.39, 0.29) is 18.9 Å². The molecule has 3 aromatic rings. The number of ether oxygens (including phenoxy) is 4. The fraction of sp³-hybridized carbons (Fsp3) is 0.316. The third-order valence-corrected chi connectivity index (χ3v) is 8.13. The molecule has 1 aliphatic rings. The van der Waals surface area contributed by atoms with Gasteiger partial charge >= 0.3 is 5.97 Å². The molecule has 4 rings (SSSR count). The van der Waals surface area contributed by atoms with Gasteiger partial charge in [0.05, 0.1) is 5.02 Å². The second-order valence-corrected chi connectivity index (χ2v) is 11.6. The van der Waals surface area contributed by atoms with Crippen LogP contribution in [0.3, 0.4) is 0 Å². The summed E-state index contributed by atoms with van der Waals surface area (Å²) in [5.74, 6) is 1.58. The molecule has 0 saturated heterocycles. The number of rotatable bonds is 16. The molecule has 0 radical (unpaired) electrons. The van der Waals surface area contributed by atoms with Crippen LogP contribution in [0.4, 0.5) is 0 Å². The second-order valence-electron chi connectivity index (χ2n) is 11.2. The molecule has 0 atom stereocenters. The highest BCUT2D eigenvalue weighted by Crippen LogP contribution is 2.37. The molecule has 9 heteroatoms. The zero-order valence-electron chi connectivity index (χ0n) is 27.2. The monoisotopic (exact) mass is 659 g/mol. The van der Waals surface area contributed by atoms with Crippen LogP contribution in [0, 0.1) is 13.8 Å². The molecule has 0 fully saturated rings. The standard InChI is InChI=1S/C38H42ClNO7/c1-5-27(20-28(6-2)38(43)40-16-9-7-8-13-37(41)42)23-46-34-22-35(32(39)19-25(34)3)47-24-30-11-10-12-31(26(30)4)29-14-15-33-36(21-29)45-18-17-44-33/h5-6,10-12,14-15,19-22H,1,7-9,13,16-18,23-24H2,2-4H3,(H,40,43)(H,41,42)/b27-20+,28-6+. The van der Waals surface area contributed by atoms with E-state index < -0.39 is 5.97 Å². The van der Waals surface area contributed by atoms with Crippen molar-refractivity contribution in [2.75, 3.05) is 26.4 Å². The maximum absolute atomic E-state index is 12.7. The van der Waals surface area contributed by atoms with Gasteiger partial charge in [-0.1, -0.05) is 61.0 Å². The third kappa shape index (κ3) is 9.90. The van der Waals surface area contributed by atoms with Gasteiger partial charge in [0, 0.05) is 24.6 Å². The van der Waals surface area contributed by atoms with E-state index in [1.54, 1.807) is 31.2 Å². The van der Waals surface area contributed by atoms with Crippen LogP contribution < -0.4 is 24.3 Å². The molecule has 47 heavy (non-hydrogen) atoms. The van der Waals surface area contributed by atoms with Gasteiger partial charge in [-0.15, -0.1) is 0 Å². The Kier molecular flexibility index (Phi) is 12.9. The highest BCUT2D eigenvalue weighted by molar-refractivity contribution is 6.32. The Bertz CT molecular complexity index is 1660.